The molecule has 0 aliphatic rings. The molecule has 0 aromatic heterocycles. The molecule has 24 heavy (non-hydrogen) atoms. The maximum atomic E-state index is 12.2. The molecule has 0 saturated carbocycles. The zero-order valence-electron chi connectivity index (χ0n) is 13.3. The van der Waals surface area contributed by atoms with Crippen molar-refractivity contribution in [1.29, 1.82) is 0 Å². The quantitative estimate of drug-likeness (QED) is 0.640. The standard InChI is InChI=1S/C19H18O4S/c1-22-18-9-7-16-8-10-19(14-17(16)13-18)23-24(20,21)12-11-15-5-3-2-4-6-15/h2-10,13-14H,11-12H2,1H3. The van der Waals surface area contributed by atoms with Crippen LogP contribution in [0.3, 0.4) is 0 Å². The van der Waals surface area contributed by atoms with E-state index in [9.17, 15) is 8.42 Å². The highest BCUT2D eigenvalue weighted by atomic mass is 32.2. The van der Waals surface area contributed by atoms with Crippen molar-refractivity contribution in [2.75, 3.05) is 12.9 Å². The van der Waals surface area contributed by atoms with E-state index in [-0.39, 0.29) is 5.75 Å². The lowest BCUT2D eigenvalue weighted by atomic mass is 10.1. The molecule has 5 heteroatoms. The molecule has 4 nitrogen and oxygen atoms in total. The van der Waals surface area contributed by atoms with Gasteiger partial charge >= 0.3 is 10.1 Å². The van der Waals surface area contributed by atoms with Gasteiger partial charge in [0.25, 0.3) is 0 Å². The number of hydrogen-bond acceptors (Lipinski definition) is 4. The number of benzene rings is 3. The Bertz CT molecular complexity index is 934. The number of aryl methyl sites for hydroxylation is 1. The predicted octanol–water partition coefficient (Wildman–Crippen LogP) is 3.80. The van der Waals surface area contributed by atoms with Crippen LogP contribution in [0.25, 0.3) is 10.8 Å². The molecule has 0 bridgehead atoms. The number of ether oxygens (including phenoxy) is 1. The topological polar surface area (TPSA) is 52.6 Å². The smallest absolute Gasteiger partial charge is 0.309 e. The van der Waals surface area contributed by atoms with Gasteiger partial charge in [0.1, 0.15) is 11.5 Å². The fourth-order valence-corrected chi connectivity index (χ4v) is 3.42. The summed E-state index contributed by atoms with van der Waals surface area (Å²) in [6, 6.07) is 20.3. The van der Waals surface area contributed by atoms with Crippen LogP contribution in [0.2, 0.25) is 0 Å². The second-order valence-corrected chi connectivity index (χ2v) is 7.15. The van der Waals surface area contributed by atoms with Gasteiger partial charge in [-0.1, -0.05) is 42.5 Å². The summed E-state index contributed by atoms with van der Waals surface area (Å²) in [5.74, 6) is 0.961. The van der Waals surface area contributed by atoms with Gasteiger partial charge in [0.15, 0.2) is 0 Å². The largest absolute Gasteiger partial charge is 0.497 e. The highest BCUT2D eigenvalue weighted by molar-refractivity contribution is 7.87. The summed E-state index contributed by atoms with van der Waals surface area (Å²) < 4.78 is 34.8. The molecular weight excluding hydrogens is 324 g/mol. The summed E-state index contributed by atoms with van der Waals surface area (Å²) in [7, 11) is -2.06. The second kappa shape index (κ2) is 6.93. The summed E-state index contributed by atoms with van der Waals surface area (Å²) in [4.78, 5) is 0. The molecule has 0 N–H and O–H groups in total. The van der Waals surface area contributed by atoms with Crippen molar-refractivity contribution in [1.82, 2.24) is 0 Å². The average Bonchev–Trinajstić information content (AvgIpc) is 2.60. The molecule has 0 heterocycles. The number of fused-ring (bicyclic) bond motifs is 1. The summed E-state index contributed by atoms with van der Waals surface area (Å²) in [6.45, 7) is 0. The molecule has 3 aromatic carbocycles. The molecule has 0 saturated heterocycles. The Kier molecular flexibility index (Phi) is 4.71. The second-order valence-electron chi connectivity index (χ2n) is 5.46. The lowest BCUT2D eigenvalue weighted by Gasteiger charge is -2.09. The minimum absolute atomic E-state index is 0.0623. The van der Waals surface area contributed by atoms with Crippen LogP contribution in [0.15, 0.2) is 66.7 Å². The van der Waals surface area contributed by atoms with Crippen molar-refractivity contribution in [2.45, 2.75) is 6.42 Å². The van der Waals surface area contributed by atoms with Gasteiger partial charge in [0, 0.05) is 0 Å². The summed E-state index contributed by atoms with van der Waals surface area (Å²) >= 11 is 0. The van der Waals surface area contributed by atoms with E-state index in [1.54, 1.807) is 19.2 Å². The Balaban J connectivity index is 1.75. The van der Waals surface area contributed by atoms with Gasteiger partial charge in [-0.05, 0) is 47.0 Å². The van der Waals surface area contributed by atoms with Gasteiger partial charge in [-0.3, -0.25) is 0 Å². The lowest BCUT2D eigenvalue weighted by molar-refractivity contribution is 0.415. The zero-order valence-corrected chi connectivity index (χ0v) is 14.1. The molecule has 0 radical (unpaired) electrons. The Morgan fingerprint density at radius 1 is 0.833 bits per heavy atom. The van der Waals surface area contributed by atoms with E-state index in [4.69, 9.17) is 8.92 Å². The third kappa shape index (κ3) is 4.06. The van der Waals surface area contributed by atoms with Gasteiger partial charge in [-0.25, -0.2) is 0 Å². The summed E-state index contributed by atoms with van der Waals surface area (Å²) in [5, 5.41) is 1.86. The van der Waals surface area contributed by atoms with Crippen LogP contribution in [0, 0.1) is 0 Å². The van der Waals surface area contributed by atoms with Crippen molar-refractivity contribution in [3.63, 3.8) is 0 Å². The van der Waals surface area contributed by atoms with E-state index in [1.807, 2.05) is 54.6 Å². The third-order valence-corrected chi connectivity index (χ3v) is 4.88. The van der Waals surface area contributed by atoms with Gasteiger partial charge in [-0.15, -0.1) is 0 Å². The lowest BCUT2D eigenvalue weighted by Crippen LogP contribution is -2.15. The van der Waals surface area contributed by atoms with Crippen LogP contribution in [-0.2, 0) is 16.5 Å². The SMILES string of the molecule is COc1ccc2ccc(OS(=O)(=O)CCc3ccccc3)cc2c1. The molecule has 0 amide bonds. The molecule has 0 atom stereocenters. The van der Waals surface area contributed by atoms with E-state index in [1.165, 1.54) is 0 Å². The summed E-state index contributed by atoms with van der Waals surface area (Å²) in [5.41, 5.74) is 0.966. The molecule has 3 rings (SSSR count). The van der Waals surface area contributed by atoms with Crippen LogP contribution >= 0.6 is 0 Å². The first-order valence-corrected chi connectivity index (χ1v) is 9.17. The minimum Gasteiger partial charge on any atom is -0.497 e. The fraction of sp³-hybridized carbons (Fsp3) is 0.158. The van der Waals surface area contributed by atoms with Crippen molar-refractivity contribution in [2.24, 2.45) is 0 Å². The molecule has 0 aliphatic carbocycles. The highest BCUT2D eigenvalue weighted by Gasteiger charge is 2.13. The van der Waals surface area contributed by atoms with Gasteiger partial charge < -0.3 is 8.92 Å². The predicted molar refractivity (Wildman–Crippen MR) is 95.1 cm³/mol. The van der Waals surface area contributed by atoms with Crippen molar-refractivity contribution < 1.29 is 17.3 Å². The Morgan fingerprint density at radius 3 is 2.21 bits per heavy atom. The van der Waals surface area contributed by atoms with E-state index in [0.717, 1.165) is 16.3 Å². The van der Waals surface area contributed by atoms with Gasteiger partial charge in [0.05, 0.1) is 12.9 Å². The molecule has 0 spiro atoms. The maximum absolute atomic E-state index is 12.2. The van der Waals surface area contributed by atoms with Crippen molar-refractivity contribution >= 4 is 20.9 Å². The van der Waals surface area contributed by atoms with Crippen molar-refractivity contribution in [3.05, 3.63) is 72.3 Å². The van der Waals surface area contributed by atoms with Crippen LogP contribution in [0.5, 0.6) is 11.5 Å². The van der Waals surface area contributed by atoms with Crippen molar-refractivity contribution in [3.8, 4) is 11.5 Å². The molecular formula is C19H18O4S. The average molecular weight is 342 g/mol. The zero-order chi connectivity index (χ0) is 17.0. The number of hydrogen-bond donors (Lipinski definition) is 0. The number of methoxy groups -OCH3 is 1. The Morgan fingerprint density at radius 2 is 1.50 bits per heavy atom. The Labute approximate surface area is 141 Å². The van der Waals surface area contributed by atoms with E-state index < -0.39 is 10.1 Å². The summed E-state index contributed by atoms with van der Waals surface area (Å²) in [6.07, 6.45) is 0.421. The first-order chi connectivity index (χ1) is 11.6. The first-order valence-electron chi connectivity index (χ1n) is 7.60. The fourth-order valence-electron chi connectivity index (χ4n) is 2.46. The van der Waals surface area contributed by atoms with Gasteiger partial charge in [0.2, 0.25) is 0 Å². The monoisotopic (exact) mass is 342 g/mol. The minimum atomic E-state index is -3.65. The normalized spacial score (nSPS) is 11.4. The van der Waals surface area contributed by atoms with E-state index in [2.05, 4.69) is 0 Å². The Hall–Kier alpha value is -2.53. The highest BCUT2D eigenvalue weighted by Crippen LogP contribution is 2.25. The molecule has 3 aromatic rings. The van der Waals surface area contributed by atoms with Crippen LogP contribution in [0.1, 0.15) is 5.56 Å². The van der Waals surface area contributed by atoms with E-state index >= 15 is 0 Å². The molecule has 0 fully saturated rings. The maximum Gasteiger partial charge on any atom is 0.309 e. The third-order valence-electron chi connectivity index (χ3n) is 3.73. The van der Waals surface area contributed by atoms with Crippen LogP contribution in [-0.4, -0.2) is 21.3 Å². The number of rotatable bonds is 6. The van der Waals surface area contributed by atoms with Gasteiger partial charge in [-0.2, -0.15) is 8.42 Å². The molecule has 0 unspecified atom stereocenters. The van der Waals surface area contributed by atoms with E-state index in [0.29, 0.717) is 17.9 Å². The van der Waals surface area contributed by atoms with Crippen LogP contribution in [0.4, 0.5) is 0 Å². The van der Waals surface area contributed by atoms with Crippen LogP contribution < -0.4 is 8.92 Å². The molecule has 124 valence electrons. The molecule has 0 aliphatic heterocycles. The first kappa shape index (κ1) is 16.3.